The van der Waals surface area contributed by atoms with E-state index >= 15 is 0 Å². The van der Waals surface area contributed by atoms with Gasteiger partial charge >= 0.3 is 0 Å². The van der Waals surface area contributed by atoms with Gasteiger partial charge in [-0.05, 0) is 13.3 Å². The zero-order chi connectivity index (χ0) is 12.7. The first-order chi connectivity index (χ1) is 7.33. The Kier molecular flexibility index (Phi) is 7.09. The Hall–Kier alpha value is -0.210. The smallest absolute Gasteiger partial charge is 0.277 e. The molecular weight excluding hydrogens is 232 g/mol. The van der Waals surface area contributed by atoms with Crippen molar-refractivity contribution in [3.63, 3.8) is 0 Å². The Labute approximate surface area is 97.6 Å². The molecule has 1 unspecified atom stereocenters. The second-order valence-corrected chi connectivity index (χ2v) is 5.54. The zero-order valence-electron chi connectivity index (χ0n) is 10.1. The Morgan fingerprint density at radius 2 is 2.00 bits per heavy atom. The van der Waals surface area contributed by atoms with Crippen molar-refractivity contribution in [2.45, 2.75) is 32.3 Å². The van der Waals surface area contributed by atoms with Gasteiger partial charge in [-0.1, -0.05) is 13.3 Å². The molecule has 0 aliphatic heterocycles. The summed E-state index contributed by atoms with van der Waals surface area (Å²) in [6, 6.07) is 0. The molecule has 0 rings (SSSR count). The molecule has 0 fully saturated rings. The van der Waals surface area contributed by atoms with Crippen molar-refractivity contribution in [1.82, 2.24) is 9.44 Å². The Balaban J connectivity index is 3.98. The minimum Gasteiger partial charge on any atom is -0.389 e. The van der Waals surface area contributed by atoms with Gasteiger partial charge in [0.1, 0.15) is 0 Å². The van der Waals surface area contributed by atoms with E-state index in [0.29, 0.717) is 13.0 Å². The molecule has 0 aromatic rings. The van der Waals surface area contributed by atoms with E-state index in [1.54, 1.807) is 6.92 Å². The average molecular weight is 254 g/mol. The minimum absolute atomic E-state index is 0.00313. The lowest BCUT2D eigenvalue weighted by Gasteiger charge is -2.22. The summed E-state index contributed by atoms with van der Waals surface area (Å²) in [7, 11) is -2.05. The van der Waals surface area contributed by atoms with Crippen molar-refractivity contribution in [2.24, 2.45) is 0 Å². The summed E-state index contributed by atoms with van der Waals surface area (Å²) in [6.07, 6.45) is 1.35. The number of rotatable bonds is 9. The van der Waals surface area contributed by atoms with Crippen molar-refractivity contribution in [3.8, 4) is 0 Å². The Morgan fingerprint density at radius 3 is 2.50 bits per heavy atom. The van der Waals surface area contributed by atoms with Crippen LogP contribution in [0.25, 0.3) is 0 Å². The van der Waals surface area contributed by atoms with E-state index in [0.717, 1.165) is 6.42 Å². The van der Waals surface area contributed by atoms with Crippen LogP contribution in [0.5, 0.6) is 0 Å². The molecule has 98 valence electrons. The van der Waals surface area contributed by atoms with E-state index in [-0.39, 0.29) is 13.1 Å². The van der Waals surface area contributed by atoms with Gasteiger partial charge in [0.25, 0.3) is 10.2 Å². The number of nitrogens with one attached hydrogen (secondary N) is 2. The van der Waals surface area contributed by atoms with Crippen molar-refractivity contribution in [3.05, 3.63) is 0 Å². The summed E-state index contributed by atoms with van der Waals surface area (Å²) < 4.78 is 32.1. The minimum atomic E-state index is -3.55. The van der Waals surface area contributed by atoms with Gasteiger partial charge in [0.05, 0.1) is 12.2 Å². The molecule has 0 saturated heterocycles. The maximum absolute atomic E-state index is 11.4. The van der Waals surface area contributed by atoms with E-state index in [2.05, 4.69) is 9.44 Å². The van der Waals surface area contributed by atoms with E-state index in [1.165, 1.54) is 7.11 Å². The monoisotopic (exact) mass is 254 g/mol. The fourth-order valence-electron chi connectivity index (χ4n) is 1.21. The van der Waals surface area contributed by atoms with Crippen molar-refractivity contribution >= 4 is 10.2 Å². The molecule has 0 heterocycles. The molecule has 0 radical (unpaired) electrons. The second kappa shape index (κ2) is 7.18. The van der Waals surface area contributed by atoms with Gasteiger partial charge in [-0.15, -0.1) is 0 Å². The van der Waals surface area contributed by atoms with E-state index in [1.807, 2.05) is 6.92 Å². The number of aliphatic hydroxyl groups is 1. The maximum atomic E-state index is 11.4. The molecule has 7 heteroatoms. The van der Waals surface area contributed by atoms with Gasteiger partial charge < -0.3 is 9.84 Å². The molecule has 0 aromatic carbocycles. The lowest BCUT2D eigenvalue weighted by molar-refractivity contribution is 0.0553. The molecule has 0 aromatic heterocycles. The normalized spacial score (nSPS) is 16.0. The Morgan fingerprint density at radius 1 is 1.38 bits per heavy atom. The highest BCUT2D eigenvalue weighted by Crippen LogP contribution is 2.10. The van der Waals surface area contributed by atoms with Gasteiger partial charge in [0.15, 0.2) is 0 Å². The summed E-state index contributed by atoms with van der Waals surface area (Å²) in [4.78, 5) is 0. The first-order valence-electron chi connectivity index (χ1n) is 5.28. The Bertz CT molecular complexity index is 277. The first kappa shape index (κ1) is 15.8. The molecule has 1 atom stereocenters. The number of ether oxygens (including phenoxy) is 1. The fourth-order valence-corrected chi connectivity index (χ4v) is 2.16. The van der Waals surface area contributed by atoms with Crippen LogP contribution in [-0.2, 0) is 14.9 Å². The van der Waals surface area contributed by atoms with Crippen molar-refractivity contribution in [2.75, 3.05) is 26.8 Å². The van der Waals surface area contributed by atoms with E-state index < -0.39 is 15.8 Å². The van der Waals surface area contributed by atoms with Crippen LogP contribution < -0.4 is 9.44 Å². The van der Waals surface area contributed by atoms with Crippen LogP contribution in [0.15, 0.2) is 0 Å². The quantitative estimate of drug-likeness (QED) is 0.489. The summed E-state index contributed by atoms with van der Waals surface area (Å²) in [5.41, 5.74) is -1.01. The molecule has 16 heavy (non-hydrogen) atoms. The van der Waals surface area contributed by atoms with E-state index in [9.17, 15) is 13.5 Å². The predicted octanol–water partition coefficient (Wildman–Crippen LogP) is -0.392. The fraction of sp³-hybridized carbons (Fsp3) is 1.00. The third kappa shape index (κ3) is 8.00. The van der Waals surface area contributed by atoms with Crippen LogP contribution in [0.2, 0.25) is 0 Å². The zero-order valence-corrected chi connectivity index (χ0v) is 10.9. The average Bonchev–Trinajstić information content (AvgIpc) is 2.16. The van der Waals surface area contributed by atoms with E-state index in [4.69, 9.17) is 4.74 Å². The largest absolute Gasteiger partial charge is 0.389 e. The molecule has 0 amide bonds. The van der Waals surface area contributed by atoms with Crippen LogP contribution in [0.4, 0.5) is 0 Å². The van der Waals surface area contributed by atoms with Crippen LogP contribution in [0.1, 0.15) is 26.7 Å². The maximum Gasteiger partial charge on any atom is 0.277 e. The SMILES string of the molecule is CCCC(C)(O)CNS(=O)(=O)NCCOC. The lowest BCUT2D eigenvalue weighted by Crippen LogP contribution is -2.45. The molecule has 6 nitrogen and oxygen atoms in total. The molecule has 3 N–H and O–H groups in total. The molecule has 0 saturated carbocycles. The van der Waals surface area contributed by atoms with Crippen molar-refractivity contribution in [1.29, 1.82) is 0 Å². The molecule has 0 bridgehead atoms. The predicted molar refractivity (Wildman–Crippen MR) is 62.3 cm³/mol. The van der Waals surface area contributed by atoms with Crippen LogP contribution in [0, 0.1) is 0 Å². The highest BCUT2D eigenvalue weighted by atomic mass is 32.2. The highest BCUT2D eigenvalue weighted by Gasteiger charge is 2.21. The van der Waals surface area contributed by atoms with Gasteiger partial charge in [-0.25, -0.2) is 0 Å². The highest BCUT2D eigenvalue weighted by molar-refractivity contribution is 7.87. The van der Waals surface area contributed by atoms with Crippen LogP contribution in [-0.4, -0.2) is 45.9 Å². The standard InChI is InChI=1S/C9H22N2O4S/c1-4-5-9(2,12)8-11-16(13,14)10-6-7-15-3/h10-12H,4-8H2,1-3H3. The second-order valence-electron chi connectivity index (χ2n) is 3.96. The van der Waals surface area contributed by atoms with Crippen LogP contribution >= 0.6 is 0 Å². The first-order valence-corrected chi connectivity index (χ1v) is 6.77. The molecule has 0 aliphatic carbocycles. The van der Waals surface area contributed by atoms with Crippen molar-refractivity contribution < 1.29 is 18.3 Å². The van der Waals surface area contributed by atoms with Gasteiger partial charge in [-0.2, -0.15) is 17.9 Å². The molecule has 0 spiro atoms. The molecular formula is C9H22N2O4S. The third-order valence-corrected chi connectivity index (χ3v) is 3.14. The summed E-state index contributed by atoms with van der Waals surface area (Å²) in [6.45, 7) is 4.06. The number of hydrogen-bond acceptors (Lipinski definition) is 4. The van der Waals surface area contributed by atoms with Gasteiger partial charge in [0, 0.05) is 20.2 Å². The summed E-state index contributed by atoms with van der Waals surface area (Å²) in [5, 5.41) is 9.77. The number of methoxy groups -OCH3 is 1. The topological polar surface area (TPSA) is 87.7 Å². The van der Waals surface area contributed by atoms with Gasteiger partial charge in [0.2, 0.25) is 0 Å². The number of hydrogen-bond donors (Lipinski definition) is 3. The summed E-state index contributed by atoms with van der Waals surface area (Å²) in [5.74, 6) is 0. The van der Waals surface area contributed by atoms with Crippen LogP contribution in [0.3, 0.4) is 0 Å². The lowest BCUT2D eigenvalue weighted by atomic mass is 10.0. The third-order valence-electron chi connectivity index (χ3n) is 2.03. The van der Waals surface area contributed by atoms with Gasteiger partial charge in [-0.3, -0.25) is 0 Å². The summed E-state index contributed by atoms with van der Waals surface area (Å²) >= 11 is 0. The molecule has 0 aliphatic rings.